The summed E-state index contributed by atoms with van der Waals surface area (Å²) >= 11 is 0. The third-order valence-electron chi connectivity index (χ3n) is 5.41. The molecule has 1 saturated heterocycles. The van der Waals surface area contributed by atoms with Crippen LogP contribution < -0.4 is 10.6 Å². The summed E-state index contributed by atoms with van der Waals surface area (Å²) in [6, 6.07) is 7.24. The van der Waals surface area contributed by atoms with Crippen LogP contribution in [0.25, 0.3) is 0 Å². The van der Waals surface area contributed by atoms with Crippen molar-refractivity contribution in [1.82, 2.24) is 10.6 Å². The first-order chi connectivity index (χ1) is 11.7. The van der Waals surface area contributed by atoms with Crippen molar-refractivity contribution in [3.8, 4) is 0 Å². The molecule has 0 spiro atoms. The van der Waals surface area contributed by atoms with Gasteiger partial charge in [0.05, 0.1) is 17.6 Å². The van der Waals surface area contributed by atoms with E-state index in [0.29, 0.717) is 24.6 Å². The zero-order valence-corrected chi connectivity index (χ0v) is 14.3. The van der Waals surface area contributed by atoms with Gasteiger partial charge in [-0.25, -0.2) is 4.79 Å². The molecule has 1 saturated carbocycles. The van der Waals surface area contributed by atoms with Crippen LogP contribution in [0.1, 0.15) is 48.5 Å². The zero-order valence-electron chi connectivity index (χ0n) is 14.3. The van der Waals surface area contributed by atoms with E-state index in [9.17, 15) is 9.59 Å². The van der Waals surface area contributed by atoms with Gasteiger partial charge in [0.15, 0.2) is 0 Å². The fourth-order valence-electron chi connectivity index (χ4n) is 4.02. The van der Waals surface area contributed by atoms with Gasteiger partial charge in [-0.05, 0) is 49.9 Å². The molecule has 24 heavy (non-hydrogen) atoms. The Bertz CT molecular complexity index is 599. The van der Waals surface area contributed by atoms with E-state index in [1.54, 1.807) is 19.1 Å². The quantitative estimate of drug-likeness (QED) is 0.813. The number of carbonyl (C=O) groups excluding carboxylic acids is 2. The Labute approximate surface area is 143 Å². The highest BCUT2D eigenvalue weighted by atomic mass is 16.5. The summed E-state index contributed by atoms with van der Waals surface area (Å²) in [6.45, 7) is 4.41. The van der Waals surface area contributed by atoms with Crippen molar-refractivity contribution in [2.45, 2.75) is 39.2 Å². The molecule has 0 aromatic heterocycles. The molecule has 5 nitrogen and oxygen atoms in total. The van der Waals surface area contributed by atoms with Crippen molar-refractivity contribution in [1.29, 1.82) is 0 Å². The molecule has 1 aliphatic carbocycles. The molecule has 130 valence electrons. The first-order valence-electron chi connectivity index (χ1n) is 8.91. The molecule has 1 amide bonds. The van der Waals surface area contributed by atoms with Crippen molar-refractivity contribution in [2.75, 3.05) is 19.7 Å². The number of amides is 1. The second-order valence-corrected chi connectivity index (χ2v) is 6.83. The molecule has 0 radical (unpaired) electrons. The van der Waals surface area contributed by atoms with Crippen molar-refractivity contribution in [3.63, 3.8) is 0 Å². The number of hydrogen-bond acceptors (Lipinski definition) is 4. The van der Waals surface area contributed by atoms with Gasteiger partial charge in [0.1, 0.15) is 0 Å². The van der Waals surface area contributed by atoms with Crippen LogP contribution in [-0.2, 0) is 16.1 Å². The van der Waals surface area contributed by atoms with Crippen molar-refractivity contribution in [2.24, 2.45) is 11.3 Å². The van der Waals surface area contributed by atoms with Crippen LogP contribution in [0.5, 0.6) is 0 Å². The lowest BCUT2D eigenvalue weighted by Crippen LogP contribution is -2.47. The molecule has 5 heteroatoms. The van der Waals surface area contributed by atoms with Crippen molar-refractivity contribution >= 4 is 11.9 Å². The number of rotatable bonds is 5. The van der Waals surface area contributed by atoms with Gasteiger partial charge in [0, 0.05) is 13.1 Å². The van der Waals surface area contributed by atoms with Gasteiger partial charge in [-0.3, -0.25) is 4.79 Å². The number of carbonyl (C=O) groups is 2. The largest absolute Gasteiger partial charge is 0.462 e. The average molecular weight is 330 g/mol. The van der Waals surface area contributed by atoms with E-state index in [1.807, 2.05) is 12.1 Å². The van der Waals surface area contributed by atoms with Crippen LogP contribution in [0.15, 0.2) is 24.3 Å². The van der Waals surface area contributed by atoms with E-state index < -0.39 is 0 Å². The molecular formula is C19H26N2O3. The minimum atomic E-state index is -0.311. The number of esters is 1. The van der Waals surface area contributed by atoms with Gasteiger partial charge in [-0.15, -0.1) is 0 Å². The van der Waals surface area contributed by atoms with Crippen molar-refractivity contribution < 1.29 is 14.3 Å². The van der Waals surface area contributed by atoms with E-state index in [-0.39, 0.29) is 17.3 Å². The van der Waals surface area contributed by atoms with Crippen molar-refractivity contribution in [3.05, 3.63) is 35.4 Å². The minimum Gasteiger partial charge on any atom is -0.462 e. The lowest BCUT2D eigenvalue weighted by molar-refractivity contribution is -0.134. The van der Waals surface area contributed by atoms with Gasteiger partial charge >= 0.3 is 5.97 Å². The Hall–Kier alpha value is -1.88. The smallest absolute Gasteiger partial charge is 0.338 e. The number of hydrogen-bond donors (Lipinski definition) is 2. The highest BCUT2D eigenvalue weighted by Crippen LogP contribution is 2.43. The molecule has 0 bridgehead atoms. The molecular weight excluding hydrogens is 304 g/mol. The number of fused-ring (bicyclic) bond motifs is 1. The number of benzene rings is 1. The van der Waals surface area contributed by atoms with E-state index in [0.717, 1.165) is 37.9 Å². The molecule has 1 heterocycles. The normalized spacial score (nSPS) is 25.8. The third-order valence-corrected chi connectivity index (χ3v) is 5.41. The molecule has 3 rings (SSSR count). The number of nitrogens with one attached hydrogen (secondary N) is 2. The van der Waals surface area contributed by atoms with E-state index in [2.05, 4.69) is 10.6 Å². The van der Waals surface area contributed by atoms with E-state index >= 15 is 0 Å². The third kappa shape index (κ3) is 3.31. The molecule has 2 fully saturated rings. The Morgan fingerprint density at radius 3 is 2.83 bits per heavy atom. The summed E-state index contributed by atoms with van der Waals surface area (Å²) < 4.78 is 4.98. The topological polar surface area (TPSA) is 67.4 Å². The maximum atomic E-state index is 12.8. The standard InChI is InChI=1S/C19H26N2O3/c1-2-24-17(22)15-8-6-14(7-9-15)11-21-18(23)19-10-4-3-5-16(19)12-20-13-19/h6-9,16,20H,2-5,10-13H2,1H3,(H,21,23)/t16-,19+/m0/s1. The van der Waals surface area contributed by atoms with Crippen LogP contribution in [0, 0.1) is 11.3 Å². The number of ether oxygens (including phenoxy) is 1. The van der Waals surface area contributed by atoms with Crippen LogP contribution in [0.2, 0.25) is 0 Å². The molecule has 1 aromatic rings. The predicted octanol–water partition coefficient (Wildman–Crippen LogP) is 2.26. The first-order valence-corrected chi connectivity index (χ1v) is 8.91. The summed E-state index contributed by atoms with van der Waals surface area (Å²) in [6.07, 6.45) is 4.50. The minimum absolute atomic E-state index is 0.173. The van der Waals surface area contributed by atoms with Crippen LogP contribution >= 0.6 is 0 Å². The second-order valence-electron chi connectivity index (χ2n) is 6.83. The van der Waals surface area contributed by atoms with Gasteiger partial charge in [0.2, 0.25) is 5.91 Å². The summed E-state index contributed by atoms with van der Waals surface area (Å²) in [5.41, 5.74) is 1.31. The Morgan fingerprint density at radius 1 is 1.29 bits per heavy atom. The van der Waals surface area contributed by atoms with Gasteiger partial charge in [-0.2, -0.15) is 0 Å². The molecule has 2 N–H and O–H groups in total. The Balaban J connectivity index is 1.59. The van der Waals surface area contributed by atoms with Gasteiger partial charge < -0.3 is 15.4 Å². The van der Waals surface area contributed by atoms with Crippen LogP contribution in [0.4, 0.5) is 0 Å². The molecule has 2 atom stereocenters. The molecule has 0 unspecified atom stereocenters. The Kier molecular flexibility index (Phi) is 5.19. The summed E-state index contributed by atoms with van der Waals surface area (Å²) in [5.74, 6) is 0.332. The summed E-state index contributed by atoms with van der Waals surface area (Å²) in [7, 11) is 0. The highest BCUT2D eigenvalue weighted by Gasteiger charge is 2.49. The van der Waals surface area contributed by atoms with Crippen LogP contribution in [0.3, 0.4) is 0 Å². The molecule has 2 aliphatic rings. The maximum absolute atomic E-state index is 12.8. The Morgan fingerprint density at radius 2 is 2.08 bits per heavy atom. The summed E-state index contributed by atoms with van der Waals surface area (Å²) in [4.78, 5) is 24.5. The summed E-state index contributed by atoms with van der Waals surface area (Å²) in [5, 5.41) is 6.51. The second kappa shape index (κ2) is 7.34. The fraction of sp³-hybridized carbons (Fsp3) is 0.579. The van der Waals surface area contributed by atoms with Crippen LogP contribution in [-0.4, -0.2) is 31.6 Å². The molecule has 1 aromatic carbocycles. The van der Waals surface area contributed by atoms with Gasteiger partial charge in [0.25, 0.3) is 0 Å². The molecule has 1 aliphatic heterocycles. The SMILES string of the molecule is CCOC(=O)c1ccc(CNC(=O)[C@@]23CCCC[C@H]2CNC3)cc1. The first kappa shape index (κ1) is 17.0. The maximum Gasteiger partial charge on any atom is 0.338 e. The fourth-order valence-corrected chi connectivity index (χ4v) is 4.02. The lowest BCUT2D eigenvalue weighted by Gasteiger charge is -2.37. The average Bonchev–Trinajstić information content (AvgIpc) is 3.05. The van der Waals surface area contributed by atoms with E-state index in [4.69, 9.17) is 4.74 Å². The monoisotopic (exact) mass is 330 g/mol. The predicted molar refractivity (Wildman–Crippen MR) is 91.5 cm³/mol. The van der Waals surface area contributed by atoms with E-state index in [1.165, 1.54) is 6.42 Å². The van der Waals surface area contributed by atoms with Gasteiger partial charge in [-0.1, -0.05) is 25.0 Å². The lowest BCUT2D eigenvalue weighted by atomic mass is 9.67. The highest BCUT2D eigenvalue weighted by molar-refractivity contribution is 5.89. The zero-order chi connectivity index (χ0) is 17.0.